The predicted molar refractivity (Wildman–Crippen MR) is 145 cm³/mol. The molecule has 1 N–H and O–H groups in total. The molecule has 0 amide bonds. The first-order valence-corrected chi connectivity index (χ1v) is 17.1. The van der Waals surface area contributed by atoms with Gasteiger partial charge in [-0.25, -0.2) is 13.2 Å². The van der Waals surface area contributed by atoms with Crippen molar-refractivity contribution in [2.24, 2.45) is 0 Å². The van der Waals surface area contributed by atoms with E-state index in [-0.39, 0.29) is 18.0 Å². The van der Waals surface area contributed by atoms with Crippen molar-refractivity contribution in [2.75, 3.05) is 6.54 Å². The molecule has 1 unspecified atom stereocenters. The van der Waals surface area contributed by atoms with Crippen molar-refractivity contribution < 1.29 is 28.0 Å². The number of fused-ring (bicyclic) bond motifs is 1. The standard InChI is InChI=1S/C26H36N2O7SSi/c1-16-19-15-27(36(33,34)21-12-10-9-11-20(21)28(31)32)14-13-18(19)17(2)24(37(6,7)8)22(16)23(25(29)30)35-26(3,4)5/h9-12,23H,13-15H2,1-8H3,(H,29,30). The molecule has 2 aromatic carbocycles. The Morgan fingerprint density at radius 2 is 1.73 bits per heavy atom. The molecule has 0 aromatic heterocycles. The van der Waals surface area contributed by atoms with E-state index in [0.717, 1.165) is 21.9 Å². The molecule has 1 aliphatic heterocycles. The molecule has 0 saturated heterocycles. The molecule has 0 radical (unpaired) electrons. The molecule has 1 aliphatic rings. The quantitative estimate of drug-likeness (QED) is 0.308. The van der Waals surface area contributed by atoms with Crippen LogP contribution in [0.2, 0.25) is 19.6 Å². The van der Waals surface area contributed by atoms with Gasteiger partial charge >= 0.3 is 5.97 Å². The van der Waals surface area contributed by atoms with Crippen LogP contribution in [0.3, 0.4) is 0 Å². The van der Waals surface area contributed by atoms with Gasteiger partial charge in [-0.05, 0) is 74.9 Å². The Bertz CT molecular complexity index is 1360. The number of nitro benzene ring substituents is 1. The maximum atomic E-state index is 13.6. The van der Waals surface area contributed by atoms with Gasteiger partial charge in [0.15, 0.2) is 11.0 Å². The van der Waals surface area contributed by atoms with Gasteiger partial charge in [0.1, 0.15) is 0 Å². The monoisotopic (exact) mass is 548 g/mol. The van der Waals surface area contributed by atoms with Gasteiger partial charge in [0.25, 0.3) is 5.69 Å². The molecule has 9 nitrogen and oxygen atoms in total. The third-order valence-electron chi connectivity index (χ3n) is 6.65. The number of hydrogen-bond donors (Lipinski definition) is 1. The third-order valence-corrected chi connectivity index (χ3v) is 10.7. The number of carboxylic acids is 1. The molecule has 1 heterocycles. The molecule has 202 valence electrons. The lowest BCUT2D eigenvalue weighted by Gasteiger charge is -2.37. The number of rotatable bonds is 7. The van der Waals surface area contributed by atoms with Crippen molar-refractivity contribution in [3.8, 4) is 0 Å². The first-order valence-electron chi connectivity index (χ1n) is 12.2. The van der Waals surface area contributed by atoms with Crippen LogP contribution in [0.4, 0.5) is 5.69 Å². The fraction of sp³-hybridized carbons (Fsp3) is 0.500. The number of carbonyl (C=O) groups is 1. The molecular formula is C26H36N2O7SSi. The van der Waals surface area contributed by atoms with Crippen molar-refractivity contribution in [2.45, 2.75) is 83.8 Å². The van der Waals surface area contributed by atoms with Crippen molar-refractivity contribution in [1.29, 1.82) is 0 Å². The van der Waals surface area contributed by atoms with Crippen LogP contribution in [0, 0.1) is 24.0 Å². The Morgan fingerprint density at radius 1 is 1.14 bits per heavy atom. The summed E-state index contributed by atoms with van der Waals surface area (Å²) in [6.45, 7) is 15.9. The molecule has 2 aromatic rings. The van der Waals surface area contributed by atoms with Gasteiger partial charge in [-0.2, -0.15) is 4.31 Å². The summed E-state index contributed by atoms with van der Waals surface area (Å²) in [5, 5.41) is 22.8. The predicted octanol–water partition coefficient (Wildman–Crippen LogP) is 4.44. The number of sulfonamides is 1. The second-order valence-corrected chi connectivity index (χ2v) is 18.4. The second-order valence-electron chi connectivity index (χ2n) is 11.5. The first-order chi connectivity index (χ1) is 16.9. The van der Waals surface area contributed by atoms with Crippen LogP contribution >= 0.6 is 0 Å². The van der Waals surface area contributed by atoms with Crippen molar-refractivity contribution in [3.63, 3.8) is 0 Å². The summed E-state index contributed by atoms with van der Waals surface area (Å²) in [4.78, 5) is 23.0. The fourth-order valence-corrected chi connectivity index (χ4v) is 9.22. The molecule has 0 aliphatic carbocycles. The van der Waals surface area contributed by atoms with Gasteiger partial charge in [0, 0.05) is 19.2 Å². The summed E-state index contributed by atoms with van der Waals surface area (Å²) in [5.41, 5.74) is 2.86. The highest BCUT2D eigenvalue weighted by molar-refractivity contribution is 7.89. The van der Waals surface area contributed by atoms with E-state index < -0.39 is 46.4 Å². The number of nitrogens with zero attached hydrogens (tertiary/aromatic N) is 2. The van der Waals surface area contributed by atoms with E-state index in [0.29, 0.717) is 17.5 Å². The van der Waals surface area contributed by atoms with Crippen molar-refractivity contribution >= 4 is 34.9 Å². The second kappa shape index (κ2) is 9.94. The lowest BCUT2D eigenvalue weighted by Crippen LogP contribution is -2.47. The summed E-state index contributed by atoms with van der Waals surface area (Å²) >= 11 is 0. The van der Waals surface area contributed by atoms with Crippen LogP contribution in [0.5, 0.6) is 0 Å². The number of para-hydroxylation sites is 1. The van der Waals surface area contributed by atoms with Crippen LogP contribution in [-0.4, -0.2) is 48.9 Å². The highest BCUT2D eigenvalue weighted by Gasteiger charge is 2.40. The van der Waals surface area contributed by atoms with Crippen LogP contribution < -0.4 is 5.19 Å². The van der Waals surface area contributed by atoms with E-state index in [2.05, 4.69) is 19.6 Å². The van der Waals surface area contributed by atoms with Gasteiger partial charge < -0.3 is 9.84 Å². The highest BCUT2D eigenvalue weighted by atomic mass is 32.2. The minimum Gasteiger partial charge on any atom is -0.479 e. The van der Waals surface area contributed by atoms with Crippen LogP contribution in [0.15, 0.2) is 29.2 Å². The van der Waals surface area contributed by atoms with Gasteiger partial charge in [0.2, 0.25) is 10.0 Å². The Balaban J connectivity index is 2.24. The number of carboxylic acid groups (broad SMARTS) is 1. The average Bonchev–Trinajstić information content (AvgIpc) is 2.77. The minimum atomic E-state index is -4.17. The lowest BCUT2D eigenvalue weighted by molar-refractivity contribution is -0.387. The normalized spacial score (nSPS) is 15.8. The highest BCUT2D eigenvalue weighted by Crippen LogP contribution is 2.37. The Hall–Kier alpha value is -2.60. The lowest BCUT2D eigenvalue weighted by atomic mass is 9.87. The summed E-state index contributed by atoms with van der Waals surface area (Å²) in [5.74, 6) is -1.10. The van der Waals surface area contributed by atoms with Gasteiger partial charge in [-0.1, -0.05) is 37.0 Å². The van der Waals surface area contributed by atoms with E-state index >= 15 is 0 Å². The largest absolute Gasteiger partial charge is 0.479 e. The zero-order valence-electron chi connectivity index (χ0n) is 22.7. The van der Waals surface area contributed by atoms with E-state index in [1.165, 1.54) is 28.6 Å². The minimum absolute atomic E-state index is 0.00275. The van der Waals surface area contributed by atoms with Crippen molar-refractivity contribution in [3.05, 3.63) is 62.2 Å². The number of aliphatic carboxylic acids is 1. The summed E-state index contributed by atoms with van der Waals surface area (Å²) < 4.78 is 34.5. The molecule has 37 heavy (non-hydrogen) atoms. The molecular weight excluding hydrogens is 512 g/mol. The van der Waals surface area contributed by atoms with Gasteiger partial charge in [-0.15, -0.1) is 0 Å². The van der Waals surface area contributed by atoms with E-state index in [1.54, 1.807) is 20.8 Å². The molecule has 0 saturated carbocycles. The zero-order valence-corrected chi connectivity index (χ0v) is 24.5. The number of nitro groups is 1. The summed E-state index contributed by atoms with van der Waals surface area (Å²) in [7, 11) is -6.25. The molecule has 0 fully saturated rings. The number of hydrogen-bond acceptors (Lipinski definition) is 6. The molecule has 1 atom stereocenters. The molecule has 0 bridgehead atoms. The fourth-order valence-electron chi connectivity index (χ4n) is 5.25. The number of ether oxygens (including phenoxy) is 1. The molecule has 3 rings (SSSR count). The van der Waals surface area contributed by atoms with E-state index in [1.807, 2.05) is 13.8 Å². The Kier molecular flexibility index (Phi) is 7.78. The molecule has 0 spiro atoms. The third kappa shape index (κ3) is 5.64. The maximum Gasteiger partial charge on any atom is 0.337 e. The smallest absolute Gasteiger partial charge is 0.337 e. The average molecular weight is 549 g/mol. The molecule has 11 heteroatoms. The maximum absolute atomic E-state index is 13.6. The van der Waals surface area contributed by atoms with Gasteiger partial charge in [0.05, 0.1) is 18.6 Å². The summed E-state index contributed by atoms with van der Waals surface area (Å²) in [6.07, 6.45) is -0.787. The van der Waals surface area contributed by atoms with Crippen molar-refractivity contribution in [1.82, 2.24) is 4.31 Å². The zero-order chi connectivity index (χ0) is 28.1. The van der Waals surface area contributed by atoms with Crippen LogP contribution in [-0.2, 0) is 32.5 Å². The van der Waals surface area contributed by atoms with E-state index in [9.17, 15) is 28.4 Å². The Morgan fingerprint density at radius 3 is 2.24 bits per heavy atom. The summed E-state index contributed by atoms with van der Waals surface area (Å²) in [6, 6.07) is 5.33. The van der Waals surface area contributed by atoms with Gasteiger partial charge in [-0.3, -0.25) is 10.1 Å². The Labute approximate surface area is 219 Å². The van der Waals surface area contributed by atoms with E-state index in [4.69, 9.17) is 4.74 Å². The topological polar surface area (TPSA) is 127 Å². The number of benzene rings is 2. The first kappa shape index (κ1) is 29.0. The SMILES string of the molecule is Cc1c2c(c(C)c([Si](C)(C)C)c1C(OC(C)(C)C)C(=O)O)CCN(S(=O)(=O)c1ccccc1[N+](=O)[O-])C2. The van der Waals surface area contributed by atoms with Crippen LogP contribution in [0.25, 0.3) is 0 Å². The van der Waals surface area contributed by atoms with Crippen LogP contribution in [0.1, 0.15) is 54.7 Å².